The first-order valence-electron chi connectivity index (χ1n) is 9.45. The molecule has 3 rings (SSSR count). The maximum atomic E-state index is 13.9. The Morgan fingerprint density at radius 2 is 2.00 bits per heavy atom. The van der Waals surface area contributed by atoms with Gasteiger partial charge in [-0.3, -0.25) is 10.1 Å². The van der Waals surface area contributed by atoms with Gasteiger partial charge in [0.15, 0.2) is 5.13 Å². The van der Waals surface area contributed by atoms with E-state index < -0.39 is 11.6 Å². The lowest BCUT2D eigenvalue weighted by molar-refractivity contribution is 0.102. The number of amides is 1. The van der Waals surface area contributed by atoms with E-state index in [0.29, 0.717) is 54.5 Å². The summed E-state index contributed by atoms with van der Waals surface area (Å²) in [6, 6.07) is 8.78. The van der Waals surface area contributed by atoms with E-state index in [1.54, 1.807) is 30.8 Å². The molecular weight excluding hydrogens is 410 g/mol. The Labute approximate surface area is 177 Å². The molecule has 8 heteroatoms. The van der Waals surface area contributed by atoms with Crippen molar-refractivity contribution >= 4 is 22.4 Å². The number of rotatable bonds is 10. The fourth-order valence-electron chi connectivity index (χ4n) is 2.87. The molecule has 0 spiro atoms. The van der Waals surface area contributed by atoms with E-state index in [2.05, 4.69) is 10.3 Å². The highest BCUT2D eigenvalue weighted by molar-refractivity contribution is 7.13. The van der Waals surface area contributed by atoms with Crippen LogP contribution in [0.15, 0.2) is 48.0 Å². The number of ether oxygens (including phenoxy) is 2. The van der Waals surface area contributed by atoms with Gasteiger partial charge in [0.05, 0.1) is 6.61 Å². The van der Waals surface area contributed by atoms with Crippen LogP contribution in [0, 0.1) is 11.6 Å². The third kappa shape index (κ3) is 6.33. The van der Waals surface area contributed by atoms with Gasteiger partial charge >= 0.3 is 0 Å². The lowest BCUT2D eigenvalue weighted by Gasteiger charge is -2.12. The average molecular weight is 432 g/mol. The number of aromatic nitrogens is 1. The maximum Gasteiger partial charge on any atom is 0.257 e. The van der Waals surface area contributed by atoms with Crippen molar-refractivity contribution in [2.75, 3.05) is 25.6 Å². The second-order valence-electron chi connectivity index (χ2n) is 6.59. The van der Waals surface area contributed by atoms with E-state index in [9.17, 15) is 13.6 Å². The molecule has 0 aliphatic carbocycles. The van der Waals surface area contributed by atoms with Crippen molar-refractivity contribution in [3.63, 3.8) is 0 Å². The zero-order chi connectivity index (χ0) is 21.3. The minimum Gasteiger partial charge on any atom is -0.493 e. The Kier molecular flexibility index (Phi) is 7.87. The van der Waals surface area contributed by atoms with Crippen molar-refractivity contribution in [3.8, 4) is 5.75 Å². The number of methoxy groups -OCH3 is 1. The monoisotopic (exact) mass is 432 g/mol. The number of halogens is 2. The maximum absolute atomic E-state index is 13.9. The van der Waals surface area contributed by atoms with E-state index in [1.807, 2.05) is 6.07 Å². The van der Waals surface area contributed by atoms with Crippen LogP contribution in [0.25, 0.3) is 0 Å². The molecule has 0 unspecified atom stereocenters. The normalized spacial score (nSPS) is 10.8. The summed E-state index contributed by atoms with van der Waals surface area (Å²) in [4.78, 5) is 16.7. The van der Waals surface area contributed by atoms with Crippen LogP contribution in [0.5, 0.6) is 5.75 Å². The average Bonchev–Trinajstić information content (AvgIpc) is 3.23. The number of anilines is 1. The highest BCUT2D eigenvalue weighted by Gasteiger charge is 2.12. The van der Waals surface area contributed by atoms with Crippen LogP contribution in [0.4, 0.5) is 13.9 Å². The number of benzene rings is 2. The van der Waals surface area contributed by atoms with Crippen LogP contribution >= 0.6 is 11.3 Å². The van der Waals surface area contributed by atoms with Gasteiger partial charge in [0.1, 0.15) is 17.4 Å². The van der Waals surface area contributed by atoms with Gasteiger partial charge < -0.3 is 9.47 Å². The van der Waals surface area contributed by atoms with Crippen molar-refractivity contribution in [2.24, 2.45) is 0 Å². The Morgan fingerprint density at radius 3 is 2.73 bits per heavy atom. The molecule has 1 heterocycles. The van der Waals surface area contributed by atoms with Crippen LogP contribution in [0.2, 0.25) is 0 Å². The number of aryl methyl sites for hydroxylation is 2. The molecule has 0 fully saturated rings. The van der Waals surface area contributed by atoms with E-state index in [-0.39, 0.29) is 5.91 Å². The summed E-state index contributed by atoms with van der Waals surface area (Å²) in [7, 11) is 1.62. The van der Waals surface area contributed by atoms with Crippen LogP contribution < -0.4 is 10.1 Å². The minimum atomic E-state index is -0.608. The molecule has 0 atom stereocenters. The zero-order valence-corrected chi connectivity index (χ0v) is 17.3. The number of nitrogens with zero attached hydrogens (tertiary/aromatic N) is 1. The van der Waals surface area contributed by atoms with Gasteiger partial charge in [0.25, 0.3) is 5.91 Å². The number of hydrogen-bond donors (Lipinski definition) is 1. The van der Waals surface area contributed by atoms with E-state index in [0.717, 1.165) is 11.6 Å². The second kappa shape index (κ2) is 10.8. The molecule has 3 aromatic rings. The number of hydrogen-bond acceptors (Lipinski definition) is 5. The Hall–Kier alpha value is -2.84. The number of carbonyl (C=O) groups excluding carboxylic acids is 1. The highest BCUT2D eigenvalue weighted by Crippen LogP contribution is 2.22. The molecule has 1 aromatic heterocycles. The molecule has 0 bridgehead atoms. The third-order valence-electron chi connectivity index (χ3n) is 4.34. The summed E-state index contributed by atoms with van der Waals surface area (Å²) in [5, 5.41) is 5.02. The summed E-state index contributed by atoms with van der Waals surface area (Å²) in [5.74, 6) is -0.943. The number of carbonyl (C=O) groups is 1. The summed E-state index contributed by atoms with van der Waals surface area (Å²) in [5.41, 5.74) is 1.65. The Balaban J connectivity index is 1.76. The van der Waals surface area contributed by atoms with Gasteiger partial charge in [-0.2, -0.15) is 0 Å². The SMILES string of the molecule is COCCCOc1cc(CCc2ccc(F)cc2F)cc(C(=O)Nc2nccs2)c1. The first-order chi connectivity index (χ1) is 14.5. The van der Waals surface area contributed by atoms with E-state index >= 15 is 0 Å². The molecule has 1 amide bonds. The molecule has 0 saturated carbocycles. The molecule has 0 saturated heterocycles. The summed E-state index contributed by atoms with van der Waals surface area (Å²) < 4.78 is 37.9. The third-order valence-corrected chi connectivity index (χ3v) is 5.03. The van der Waals surface area contributed by atoms with Gasteiger partial charge in [0.2, 0.25) is 0 Å². The van der Waals surface area contributed by atoms with Crippen LogP contribution in [0.1, 0.15) is 27.9 Å². The Bertz CT molecular complexity index is 981. The second-order valence-corrected chi connectivity index (χ2v) is 7.48. The van der Waals surface area contributed by atoms with Crippen molar-refractivity contribution < 1.29 is 23.0 Å². The van der Waals surface area contributed by atoms with E-state index in [4.69, 9.17) is 9.47 Å². The van der Waals surface area contributed by atoms with E-state index in [1.165, 1.54) is 23.5 Å². The smallest absolute Gasteiger partial charge is 0.257 e. The predicted octanol–water partition coefficient (Wildman–Crippen LogP) is 4.87. The fraction of sp³-hybridized carbons (Fsp3) is 0.273. The molecule has 2 aromatic carbocycles. The van der Waals surface area contributed by atoms with Crippen molar-refractivity contribution in [1.29, 1.82) is 0 Å². The lowest BCUT2D eigenvalue weighted by atomic mass is 10.0. The van der Waals surface area contributed by atoms with Crippen LogP contribution in [0.3, 0.4) is 0 Å². The molecule has 0 aliphatic heterocycles. The Morgan fingerprint density at radius 1 is 1.13 bits per heavy atom. The molecular formula is C22H22F2N2O3S. The largest absolute Gasteiger partial charge is 0.493 e. The molecule has 1 N–H and O–H groups in total. The first-order valence-corrected chi connectivity index (χ1v) is 10.3. The van der Waals surface area contributed by atoms with Gasteiger partial charge in [-0.15, -0.1) is 11.3 Å². The van der Waals surface area contributed by atoms with Crippen molar-refractivity contribution in [1.82, 2.24) is 4.98 Å². The minimum absolute atomic E-state index is 0.304. The molecule has 158 valence electrons. The van der Waals surface area contributed by atoms with Crippen molar-refractivity contribution in [2.45, 2.75) is 19.3 Å². The zero-order valence-electron chi connectivity index (χ0n) is 16.5. The molecule has 0 radical (unpaired) electrons. The highest BCUT2D eigenvalue weighted by atomic mass is 32.1. The van der Waals surface area contributed by atoms with Crippen molar-refractivity contribution in [3.05, 3.63) is 76.3 Å². The van der Waals surface area contributed by atoms with Gasteiger partial charge in [-0.25, -0.2) is 13.8 Å². The molecule has 0 aliphatic rings. The topological polar surface area (TPSA) is 60.5 Å². The summed E-state index contributed by atoms with van der Waals surface area (Å²) in [6.45, 7) is 1.01. The van der Waals surface area contributed by atoms with Gasteiger partial charge in [-0.05, 0) is 48.2 Å². The van der Waals surface area contributed by atoms with Crippen LogP contribution in [-0.4, -0.2) is 31.2 Å². The number of thiazole rings is 1. The first kappa shape index (κ1) is 21.9. The lowest BCUT2D eigenvalue weighted by Crippen LogP contribution is -2.13. The van der Waals surface area contributed by atoms with Gasteiger partial charge in [0, 0.05) is 43.3 Å². The predicted molar refractivity (Wildman–Crippen MR) is 112 cm³/mol. The van der Waals surface area contributed by atoms with Gasteiger partial charge in [-0.1, -0.05) is 6.07 Å². The molecule has 5 nitrogen and oxygen atoms in total. The summed E-state index contributed by atoms with van der Waals surface area (Å²) in [6.07, 6.45) is 3.16. The molecule has 30 heavy (non-hydrogen) atoms. The quantitative estimate of drug-likeness (QED) is 0.464. The fourth-order valence-corrected chi connectivity index (χ4v) is 3.39. The number of nitrogens with one attached hydrogen (secondary N) is 1. The summed E-state index contributed by atoms with van der Waals surface area (Å²) >= 11 is 1.32. The standard InChI is InChI=1S/C22H22F2N2O3S/c1-28-8-2-9-29-19-12-15(3-4-16-5-6-18(23)14-20(16)24)11-17(13-19)21(27)26-22-25-7-10-30-22/h5-7,10-14H,2-4,8-9H2,1H3,(H,25,26,27). The van der Waals surface area contributed by atoms with Crippen LogP contribution in [-0.2, 0) is 17.6 Å².